The molecule has 1 unspecified atom stereocenters. The molecule has 0 aromatic heterocycles. The van der Waals surface area contributed by atoms with Crippen molar-refractivity contribution in [2.75, 3.05) is 13.2 Å². The molecule has 1 N–H and O–H groups in total. The first-order valence-electron chi connectivity index (χ1n) is 10.8. The first kappa shape index (κ1) is 21.0. The van der Waals surface area contributed by atoms with Gasteiger partial charge in [-0.3, -0.25) is 5.32 Å². The van der Waals surface area contributed by atoms with Gasteiger partial charge in [0.25, 0.3) is 0 Å². The van der Waals surface area contributed by atoms with Crippen LogP contribution in [0.1, 0.15) is 116 Å². The molecule has 2 nitrogen and oxygen atoms in total. The van der Waals surface area contributed by atoms with Crippen molar-refractivity contribution in [1.82, 2.24) is 5.32 Å². The average Bonchev–Trinajstić information content (AvgIpc) is 3.08. The summed E-state index contributed by atoms with van der Waals surface area (Å²) < 4.78 is 5.57. The molecule has 1 heterocycles. The van der Waals surface area contributed by atoms with Crippen molar-refractivity contribution in [2.45, 2.75) is 122 Å². The summed E-state index contributed by atoms with van der Waals surface area (Å²) in [6, 6.07) is 0. The van der Waals surface area contributed by atoms with Gasteiger partial charge in [-0.15, -0.1) is 0 Å². The van der Waals surface area contributed by atoms with Gasteiger partial charge in [0.2, 0.25) is 0 Å². The first-order valence-corrected chi connectivity index (χ1v) is 10.8. The second-order valence-corrected chi connectivity index (χ2v) is 7.41. The largest absolute Gasteiger partial charge is 0.362 e. The van der Waals surface area contributed by atoms with Gasteiger partial charge in [0.15, 0.2) is 0 Å². The Balaban J connectivity index is 1.64. The van der Waals surface area contributed by atoms with Gasteiger partial charge in [-0.25, -0.2) is 0 Å². The van der Waals surface area contributed by atoms with Crippen LogP contribution in [0, 0.1) is 0 Å². The summed E-state index contributed by atoms with van der Waals surface area (Å²) in [7, 11) is 0. The molecule has 138 valence electrons. The van der Waals surface area contributed by atoms with E-state index in [1.165, 1.54) is 109 Å². The molecule has 23 heavy (non-hydrogen) atoms. The van der Waals surface area contributed by atoms with Gasteiger partial charge in [0.1, 0.15) is 6.23 Å². The lowest BCUT2D eigenvalue weighted by molar-refractivity contribution is 0.0919. The van der Waals surface area contributed by atoms with Crippen LogP contribution in [0.25, 0.3) is 0 Å². The van der Waals surface area contributed by atoms with Crippen LogP contribution in [0.2, 0.25) is 0 Å². The van der Waals surface area contributed by atoms with Gasteiger partial charge < -0.3 is 4.74 Å². The van der Waals surface area contributed by atoms with Crippen molar-refractivity contribution < 1.29 is 4.74 Å². The fourth-order valence-electron chi connectivity index (χ4n) is 3.54. The SMILES string of the molecule is CCCCCCCCCCCCCCCCCCC1NCCO1. The summed E-state index contributed by atoms with van der Waals surface area (Å²) >= 11 is 0. The molecular weight excluding hydrogens is 282 g/mol. The normalized spacial score (nSPS) is 17.9. The quantitative estimate of drug-likeness (QED) is 0.305. The number of unbranched alkanes of at least 4 members (excludes halogenated alkanes) is 15. The minimum absolute atomic E-state index is 0.363. The van der Waals surface area contributed by atoms with E-state index >= 15 is 0 Å². The summed E-state index contributed by atoms with van der Waals surface area (Å²) in [5, 5.41) is 3.39. The third-order valence-electron chi connectivity index (χ3n) is 5.11. The zero-order valence-corrected chi connectivity index (χ0v) is 15.9. The molecule has 0 radical (unpaired) electrons. The van der Waals surface area contributed by atoms with E-state index in [1.54, 1.807) is 0 Å². The van der Waals surface area contributed by atoms with E-state index in [9.17, 15) is 0 Å². The Labute approximate surface area is 146 Å². The van der Waals surface area contributed by atoms with Crippen LogP contribution >= 0.6 is 0 Å². The summed E-state index contributed by atoms with van der Waals surface area (Å²) in [4.78, 5) is 0. The highest BCUT2D eigenvalue weighted by Gasteiger charge is 2.12. The highest BCUT2D eigenvalue weighted by atomic mass is 16.5. The average molecular weight is 326 g/mol. The zero-order valence-electron chi connectivity index (χ0n) is 15.9. The topological polar surface area (TPSA) is 21.3 Å². The predicted octanol–water partition coefficient (Wildman–Crippen LogP) is 6.58. The van der Waals surface area contributed by atoms with Gasteiger partial charge in [0, 0.05) is 6.54 Å². The molecule has 0 aromatic rings. The fourth-order valence-corrected chi connectivity index (χ4v) is 3.54. The van der Waals surface area contributed by atoms with Crippen molar-refractivity contribution in [3.05, 3.63) is 0 Å². The second kappa shape index (κ2) is 16.8. The molecule has 0 saturated carbocycles. The van der Waals surface area contributed by atoms with Crippen LogP contribution in [0.3, 0.4) is 0 Å². The Kier molecular flexibility index (Phi) is 15.3. The van der Waals surface area contributed by atoms with E-state index < -0.39 is 0 Å². The van der Waals surface area contributed by atoms with Gasteiger partial charge in [-0.2, -0.15) is 0 Å². The van der Waals surface area contributed by atoms with Gasteiger partial charge >= 0.3 is 0 Å². The third kappa shape index (κ3) is 14.0. The molecule has 1 saturated heterocycles. The van der Waals surface area contributed by atoms with Crippen LogP contribution in [0.15, 0.2) is 0 Å². The molecule has 0 aliphatic carbocycles. The first-order chi connectivity index (χ1) is 11.4. The number of rotatable bonds is 17. The number of ether oxygens (including phenoxy) is 1. The molecule has 1 aliphatic rings. The van der Waals surface area contributed by atoms with E-state index in [4.69, 9.17) is 4.74 Å². The molecule has 0 amide bonds. The highest BCUT2D eigenvalue weighted by molar-refractivity contribution is 4.62. The Hall–Kier alpha value is -0.0800. The molecule has 0 aromatic carbocycles. The van der Waals surface area contributed by atoms with E-state index in [0.29, 0.717) is 6.23 Å². The summed E-state index contributed by atoms with van der Waals surface area (Å²) in [6.45, 7) is 4.25. The van der Waals surface area contributed by atoms with Gasteiger partial charge in [-0.1, -0.05) is 103 Å². The summed E-state index contributed by atoms with van der Waals surface area (Å²) in [6.07, 6.45) is 24.6. The number of hydrogen-bond donors (Lipinski definition) is 1. The van der Waals surface area contributed by atoms with Crippen molar-refractivity contribution in [2.24, 2.45) is 0 Å². The fraction of sp³-hybridized carbons (Fsp3) is 1.00. The molecule has 0 bridgehead atoms. The highest BCUT2D eigenvalue weighted by Crippen LogP contribution is 2.14. The number of nitrogens with one attached hydrogen (secondary N) is 1. The van der Waals surface area contributed by atoms with E-state index in [2.05, 4.69) is 12.2 Å². The minimum atomic E-state index is 0.363. The lowest BCUT2D eigenvalue weighted by atomic mass is 10.0. The standard InChI is InChI=1S/C21H43NO/c1-2-3-4-5-6-7-8-9-10-11-12-13-14-15-16-17-18-21-22-19-20-23-21/h21-22H,2-20H2,1H3. The van der Waals surface area contributed by atoms with E-state index in [0.717, 1.165) is 13.2 Å². The van der Waals surface area contributed by atoms with Crippen LogP contribution in [-0.4, -0.2) is 19.4 Å². The molecule has 1 atom stereocenters. The molecular formula is C21H43NO. The summed E-state index contributed by atoms with van der Waals surface area (Å²) in [5.41, 5.74) is 0. The maximum absolute atomic E-state index is 5.57. The monoisotopic (exact) mass is 325 g/mol. The summed E-state index contributed by atoms with van der Waals surface area (Å²) in [5.74, 6) is 0. The lowest BCUT2D eigenvalue weighted by Gasteiger charge is -2.09. The van der Waals surface area contributed by atoms with Crippen molar-refractivity contribution in [3.8, 4) is 0 Å². The third-order valence-corrected chi connectivity index (χ3v) is 5.11. The smallest absolute Gasteiger partial charge is 0.108 e. The van der Waals surface area contributed by atoms with E-state index in [1.807, 2.05) is 0 Å². The minimum Gasteiger partial charge on any atom is -0.362 e. The second-order valence-electron chi connectivity index (χ2n) is 7.41. The molecule has 2 heteroatoms. The van der Waals surface area contributed by atoms with Crippen molar-refractivity contribution in [1.29, 1.82) is 0 Å². The van der Waals surface area contributed by atoms with Crippen molar-refractivity contribution in [3.63, 3.8) is 0 Å². The lowest BCUT2D eigenvalue weighted by Crippen LogP contribution is -2.21. The Morgan fingerprint density at radius 2 is 1.09 bits per heavy atom. The molecule has 0 spiro atoms. The Morgan fingerprint density at radius 3 is 1.48 bits per heavy atom. The van der Waals surface area contributed by atoms with Crippen LogP contribution in [0.5, 0.6) is 0 Å². The molecule has 1 rings (SSSR count). The molecule has 1 fully saturated rings. The molecule has 1 aliphatic heterocycles. The maximum atomic E-state index is 5.57. The van der Waals surface area contributed by atoms with E-state index in [-0.39, 0.29) is 0 Å². The predicted molar refractivity (Wildman–Crippen MR) is 102 cm³/mol. The van der Waals surface area contributed by atoms with Crippen molar-refractivity contribution >= 4 is 0 Å². The Bertz CT molecular complexity index is 226. The van der Waals surface area contributed by atoms with Gasteiger partial charge in [-0.05, 0) is 12.8 Å². The van der Waals surface area contributed by atoms with Crippen LogP contribution in [-0.2, 0) is 4.74 Å². The van der Waals surface area contributed by atoms with Crippen LogP contribution in [0.4, 0.5) is 0 Å². The maximum Gasteiger partial charge on any atom is 0.108 e. The Morgan fingerprint density at radius 1 is 0.652 bits per heavy atom. The van der Waals surface area contributed by atoms with Gasteiger partial charge in [0.05, 0.1) is 6.61 Å². The van der Waals surface area contributed by atoms with Crippen LogP contribution < -0.4 is 5.32 Å². The number of hydrogen-bond acceptors (Lipinski definition) is 2. The zero-order chi connectivity index (χ0) is 16.4.